The van der Waals surface area contributed by atoms with Gasteiger partial charge in [-0.1, -0.05) is 66.6 Å². The van der Waals surface area contributed by atoms with Gasteiger partial charge in [-0.2, -0.15) is 0 Å². The molecule has 4 rings (SSSR count). The Hall–Kier alpha value is -3.98. The van der Waals surface area contributed by atoms with E-state index < -0.39 is 23.7 Å². The maximum Gasteiger partial charge on any atom is 0.350 e. The normalized spacial score (nSPS) is 16.6. The summed E-state index contributed by atoms with van der Waals surface area (Å²) in [6.07, 6.45) is 1.85. The highest BCUT2D eigenvalue weighted by molar-refractivity contribution is 7.17. The number of thiazole rings is 1. The van der Waals surface area contributed by atoms with Crippen molar-refractivity contribution in [3.05, 3.63) is 81.4 Å². The van der Waals surface area contributed by atoms with E-state index in [1.54, 1.807) is 50.2 Å². The first kappa shape index (κ1) is 27.1. The highest BCUT2D eigenvalue weighted by atomic mass is 32.1. The van der Waals surface area contributed by atoms with Crippen LogP contribution in [0, 0.1) is 13.8 Å². The average molecular weight is 535 g/mol. The van der Waals surface area contributed by atoms with Gasteiger partial charge < -0.3 is 14.6 Å². The quantitative estimate of drug-likeness (QED) is 0.123. The fourth-order valence-electron chi connectivity index (χ4n) is 4.19. The molecule has 38 heavy (non-hydrogen) atoms. The number of benzene rings is 2. The van der Waals surface area contributed by atoms with Gasteiger partial charge in [-0.15, -0.1) is 0 Å². The van der Waals surface area contributed by atoms with Crippen LogP contribution in [0.5, 0.6) is 5.75 Å². The lowest BCUT2D eigenvalue weighted by Crippen LogP contribution is -2.29. The zero-order valence-electron chi connectivity index (χ0n) is 21.8. The fraction of sp³-hybridized carbons (Fsp3) is 0.310. The van der Waals surface area contributed by atoms with Gasteiger partial charge >= 0.3 is 11.9 Å². The lowest BCUT2D eigenvalue weighted by molar-refractivity contribution is -0.132. The summed E-state index contributed by atoms with van der Waals surface area (Å²) in [5, 5.41) is 11.5. The van der Waals surface area contributed by atoms with Crippen molar-refractivity contribution >= 4 is 39.9 Å². The predicted molar refractivity (Wildman–Crippen MR) is 146 cm³/mol. The molecule has 8 nitrogen and oxygen atoms in total. The Morgan fingerprint density at radius 2 is 1.84 bits per heavy atom. The van der Waals surface area contributed by atoms with Gasteiger partial charge in [0.05, 0.1) is 30.5 Å². The van der Waals surface area contributed by atoms with Crippen molar-refractivity contribution in [3.63, 3.8) is 0 Å². The minimum atomic E-state index is -0.980. The minimum Gasteiger partial charge on any atom is -0.507 e. The number of carbonyl (C=O) groups is 3. The number of ether oxygens (including phenoxy) is 2. The van der Waals surface area contributed by atoms with Crippen molar-refractivity contribution in [2.45, 2.75) is 46.6 Å². The van der Waals surface area contributed by atoms with Crippen molar-refractivity contribution in [2.24, 2.45) is 0 Å². The number of aromatic nitrogens is 1. The monoisotopic (exact) mass is 534 g/mol. The number of esters is 1. The predicted octanol–water partition coefficient (Wildman–Crippen LogP) is 5.74. The van der Waals surface area contributed by atoms with Crippen LogP contribution in [0.3, 0.4) is 0 Å². The van der Waals surface area contributed by atoms with E-state index in [0.29, 0.717) is 29.2 Å². The second-order valence-electron chi connectivity index (χ2n) is 8.94. The summed E-state index contributed by atoms with van der Waals surface area (Å²) < 4.78 is 11.0. The first-order chi connectivity index (χ1) is 18.3. The van der Waals surface area contributed by atoms with Gasteiger partial charge in [0.2, 0.25) is 0 Å². The summed E-state index contributed by atoms with van der Waals surface area (Å²) in [6.45, 7) is 8.05. The van der Waals surface area contributed by atoms with E-state index in [1.807, 2.05) is 19.1 Å². The molecule has 1 amide bonds. The molecule has 3 aromatic rings. The maximum atomic E-state index is 13.5. The Bertz CT molecular complexity index is 1390. The maximum absolute atomic E-state index is 13.5. The molecule has 198 valence electrons. The summed E-state index contributed by atoms with van der Waals surface area (Å²) in [4.78, 5) is 45.3. The Morgan fingerprint density at radius 1 is 1.11 bits per heavy atom. The average Bonchev–Trinajstić information content (AvgIpc) is 3.41. The smallest absolute Gasteiger partial charge is 0.350 e. The van der Waals surface area contributed by atoms with Crippen LogP contribution in [0.25, 0.3) is 5.76 Å². The molecule has 2 aromatic carbocycles. The van der Waals surface area contributed by atoms with E-state index in [9.17, 15) is 19.5 Å². The van der Waals surface area contributed by atoms with Crippen LogP contribution in [0.2, 0.25) is 0 Å². The Kier molecular flexibility index (Phi) is 8.26. The molecule has 1 N–H and O–H groups in total. The van der Waals surface area contributed by atoms with Gasteiger partial charge in [-0.25, -0.2) is 9.78 Å². The molecule has 1 aliphatic heterocycles. The van der Waals surface area contributed by atoms with E-state index in [-0.39, 0.29) is 27.9 Å². The van der Waals surface area contributed by atoms with Crippen LogP contribution in [0.15, 0.2) is 54.1 Å². The molecule has 1 unspecified atom stereocenters. The molecule has 1 fully saturated rings. The number of Topliss-reactive ketones (excluding diaryl/α,β-unsaturated/α-hetero) is 1. The van der Waals surface area contributed by atoms with Gasteiger partial charge in [0.15, 0.2) is 5.13 Å². The molecule has 1 aliphatic rings. The fourth-order valence-corrected chi connectivity index (χ4v) is 5.18. The summed E-state index contributed by atoms with van der Waals surface area (Å²) in [6, 6.07) is 13.2. The molecule has 1 saturated heterocycles. The number of carbonyl (C=O) groups excluding carboxylic acids is 3. The lowest BCUT2D eigenvalue weighted by Gasteiger charge is -2.23. The molecule has 1 aromatic heterocycles. The zero-order chi connectivity index (χ0) is 27.4. The lowest BCUT2D eigenvalue weighted by atomic mass is 9.95. The van der Waals surface area contributed by atoms with E-state index in [1.165, 1.54) is 4.90 Å². The van der Waals surface area contributed by atoms with Crippen LogP contribution in [0.4, 0.5) is 5.13 Å². The molecule has 0 bridgehead atoms. The molecular formula is C29H30N2O6S. The SMILES string of the molecule is CCCCOc1cccc(C2C(=C(O)c3ccc(C)cc3)C(=O)C(=O)N2c2nc(C)c(C(=O)OCC)s2)c1. The van der Waals surface area contributed by atoms with Crippen LogP contribution < -0.4 is 9.64 Å². The van der Waals surface area contributed by atoms with Crippen LogP contribution in [-0.2, 0) is 14.3 Å². The highest BCUT2D eigenvalue weighted by Crippen LogP contribution is 2.44. The van der Waals surface area contributed by atoms with Gasteiger partial charge in [-0.05, 0) is 44.9 Å². The van der Waals surface area contributed by atoms with E-state index in [4.69, 9.17) is 9.47 Å². The highest BCUT2D eigenvalue weighted by Gasteiger charge is 2.48. The molecule has 0 spiro atoms. The molecule has 0 saturated carbocycles. The number of nitrogens with zero attached hydrogens (tertiary/aromatic N) is 2. The zero-order valence-corrected chi connectivity index (χ0v) is 22.6. The molecule has 9 heteroatoms. The number of hydrogen-bond donors (Lipinski definition) is 1. The number of rotatable bonds is 9. The first-order valence-corrected chi connectivity index (χ1v) is 13.3. The standard InChI is InChI=1S/C29H30N2O6S/c1-5-7-15-37-21-10-8-9-20(16-21)23-22(24(32)19-13-11-17(3)12-14-19)25(33)27(34)31(23)29-30-18(4)26(38-29)28(35)36-6-2/h8-14,16,23,32H,5-7,15H2,1-4H3. The third-order valence-corrected chi connectivity index (χ3v) is 7.30. The third kappa shape index (κ3) is 5.33. The summed E-state index contributed by atoms with van der Waals surface area (Å²) in [7, 11) is 0. The minimum absolute atomic E-state index is 0.0601. The number of aliphatic hydroxyl groups excluding tert-OH is 1. The van der Waals surface area contributed by atoms with Crippen LogP contribution in [-0.4, -0.2) is 41.0 Å². The summed E-state index contributed by atoms with van der Waals surface area (Å²) in [5.74, 6) is -1.93. The second-order valence-corrected chi connectivity index (χ2v) is 9.92. The number of aryl methyl sites for hydroxylation is 2. The molecule has 2 heterocycles. The summed E-state index contributed by atoms with van der Waals surface area (Å²) in [5.41, 5.74) is 2.29. The molecule has 0 aliphatic carbocycles. The second kappa shape index (κ2) is 11.6. The number of ketones is 1. The number of hydrogen-bond acceptors (Lipinski definition) is 8. The topological polar surface area (TPSA) is 106 Å². The van der Waals surface area contributed by atoms with E-state index in [0.717, 1.165) is 29.7 Å². The van der Waals surface area contributed by atoms with Gasteiger partial charge in [0.25, 0.3) is 5.78 Å². The van der Waals surface area contributed by atoms with Crippen LogP contribution in [0.1, 0.15) is 64.8 Å². The number of unbranched alkanes of at least 4 members (excludes halogenated alkanes) is 1. The molecule has 1 atom stereocenters. The van der Waals surface area contributed by atoms with Crippen molar-refractivity contribution < 1.29 is 29.0 Å². The number of aliphatic hydroxyl groups is 1. The summed E-state index contributed by atoms with van der Waals surface area (Å²) >= 11 is 0.973. The largest absolute Gasteiger partial charge is 0.507 e. The van der Waals surface area contributed by atoms with Crippen LogP contribution >= 0.6 is 11.3 Å². The third-order valence-electron chi connectivity index (χ3n) is 6.16. The first-order valence-electron chi connectivity index (χ1n) is 12.5. The molecule has 0 radical (unpaired) electrons. The Balaban J connectivity index is 1.87. The van der Waals surface area contributed by atoms with E-state index in [2.05, 4.69) is 11.9 Å². The Labute approximate surface area is 225 Å². The number of anilines is 1. The van der Waals surface area contributed by atoms with Gasteiger partial charge in [0.1, 0.15) is 16.4 Å². The number of amides is 1. The van der Waals surface area contributed by atoms with Crippen molar-refractivity contribution in [1.82, 2.24) is 4.98 Å². The van der Waals surface area contributed by atoms with E-state index >= 15 is 0 Å². The van der Waals surface area contributed by atoms with Gasteiger partial charge in [0, 0.05) is 5.56 Å². The Morgan fingerprint density at radius 3 is 2.53 bits per heavy atom. The van der Waals surface area contributed by atoms with Crippen molar-refractivity contribution in [3.8, 4) is 5.75 Å². The molecular weight excluding hydrogens is 504 g/mol. The van der Waals surface area contributed by atoms with Crippen molar-refractivity contribution in [2.75, 3.05) is 18.1 Å². The van der Waals surface area contributed by atoms with Gasteiger partial charge in [-0.3, -0.25) is 14.5 Å². The van der Waals surface area contributed by atoms with Crippen molar-refractivity contribution in [1.29, 1.82) is 0 Å².